The van der Waals surface area contributed by atoms with Gasteiger partial charge in [-0.1, -0.05) is 0 Å². The van der Waals surface area contributed by atoms with Crippen LogP contribution in [0, 0.1) is 0 Å². The molecule has 1 fully saturated rings. The lowest BCUT2D eigenvalue weighted by atomic mass is 10.1. The Morgan fingerprint density at radius 3 is 2.71 bits per heavy atom. The van der Waals surface area contributed by atoms with Gasteiger partial charge in [0.25, 0.3) is 0 Å². The summed E-state index contributed by atoms with van der Waals surface area (Å²) in [6.45, 7) is 5.20. The maximum absolute atomic E-state index is 5.42. The molecule has 1 atom stereocenters. The molecule has 1 saturated heterocycles. The smallest absolute Gasteiger partial charge is 0.162 e. The molecule has 2 heterocycles. The molecule has 1 N–H and O–H groups in total. The van der Waals surface area contributed by atoms with Gasteiger partial charge < -0.3 is 19.7 Å². The van der Waals surface area contributed by atoms with Crippen molar-refractivity contribution in [3.8, 4) is 11.5 Å². The van der Waals surface area contributed by atoms with Crippen LogP contribution >= 0.6 is 0 Å². The maximum Gasteiger partial charge on any atom is 0.162 e. The van der Waals surface area contributed by atoms with Crippen LogP contribution in [0.15, 0.2) is 24.4 Å². The number of ether oxygens (including phenoxy) is 2. The zero-order valence-corrected chi connectivity index (χ0v) is 12.7. The van der Waals surface area contributed by atoms with Gasteiger partial charge in [0.15, 0.2) is 11.5 Å². The Morgan fingerprint density at radius 1 is 1.24 bits per heavy atom. The van der Waals surface area contributed by atoms with Crippen LogP contribution in [0.25, 0.3) is 10.9 Å². The minimum Gasteiger partial charge on any atom is -0.493 e. The van der Waals surface area contributed by atoms with Gasteiger partial charge in [-0.05, 0) is 19.1 Å². The topological polar surface area (TPSA) is 46.6 Å². The van der Waals surface area contributed by atoms with Crippen molar-refractivity contribution in [1.29, 1.82) is 0 Å². The molecule has 1 aromatic carbocycles. The molecular weight excluding hydrogens is 266 g/mol. The highest BCUT2D eigenvalue weighted by atomic mass is 16.5. The third kappa shape index (κ3) is 2.61. The summed E-state index contributed by atoms with van der Waals surface area (Å²) in [5, 5.41) is 4.57. The van der Waals surface area contributed by atoms with Gasteiger partial charge in [0, 0.05) is 49.0 Å². The number of fused-ring (bicyclic) bond motifs is 1. The molecule has 0 bridgehead atoms. The molecule has 0 amide bonds. The van der Waals surface area contributed by atoms with Crippen LogP contribution in [0.1, 0.15) is 6.92 Å². The minimum absolute atomic E-state index is 0.488. The van der Waals surface area contributed by atoms with E-state index in [1.807, 2.05) is 18.3 Å². The molecule has 5 heteroatoms. The molecule has 0 unspecified atom stereocenters. The van der Waals surface area contributed by atoms with Crippen molar-refractivity contribution in [2.24, 2.45) is 0 Å². The van der Waals surface area contributed by atoms with Crippen molar-refractivity contribution in [1.82, 2.24) is 10.3 Å². The number of nitrogens with zero attached hydrogens (tertiary/aromatic N) is 2. The fraction of sp³-hybridized carbons (Fsp3) is 0.438. The van der Waals surface area contributed by atoms with Crippen LogP contribution < -0.4 is 19.7 Å². The van der Waals surface area contributed by atoms with Gasteiger partial charge in [-0.3, -0.25) is 4.98 Å². The van der Waals surface area contributed by atoms with Crippen LogP contribution in [0.2, 0.25) is 0 Å². The summed E-state index contributed by atoms with van der Waals surface area (Å²) in [6.07, 6.45) is 1.86. The predicted octanol–water partition coefficient (Wildman–Crippen LogP) is 2.05. The molecular formula is C16H21N3O2. The van der Waals surface area contributed by atoms with Gasteiger partial charge in [0.1, 0.15) is 0 Å². The van der Waals surface area contributed by atoms with Gasteiger partial charge in [0.2, 0.25) is 0 Å². The monoisotopic (exact) mass is 287 g/mol. The van der Waals surface area contributed by atoms with Crippen molar-refractivity contribution in [2.45, 2.75) is 13.0 Å². The Balaban J connectivity index is 2.10. The summed E-state index contributed by atoms with van der Waals surface area (Å²) in [5.41, 5.74) is 2.13. The number of methoxy groups -OCH3 is 2. The summed E-state index contributed by atoms with van der Waals surface area (Å²) in [5.74, 6) is 1.45. The van der Waals surface area contributed by atoms with E-state index in [0.29, 0.717) is 11.8 Å². The molecule has 0 saturated carbocycles. The Morgan fingerprint density at radius 2 is 2.00 bits per heavy atom. The molecule has 2 aromatic rings. The predicted molar refractivity (Wildman–Crippen MR) is 84.5 cm³/mol. The lowest BCUT2D eigenvalue weighted by molar-refractivity contribution is 0.356. The van der Waals surface area contributed by atoms with E-state index in [0.717, 1.165) is 36.3 Å². The highest BCUT2D eigenvalue weighted by Crippen LogP contribution is 2.35. The van der Waals surface area contributed by atoms with E-state index >= 15 is 0 Å². The highest BCUT2D eigenvalue weighted by molar-refractivity contribution is 5.94. The number of hydrogen-bond acceptors (Lipinski definition) is 5. The van der Waals surface area contributed by atoms with E-state index in [2.05, 4.69) is 28.2 Å². The SMILES string of the molecule is COc1cc2nccc(N3CCN[C@@H](C)C3)c2cc1OC. The molecule has 1 aliphatic heterocycles. The van der Waals surface area contributed by atoms with Crippen molar-refractivity contribution in [3.05, 3.63) is 24.4 Å². The van der Waals surface area contributed by atoms with Crippen LogP contribution in [0.5, 0.6) is 11.5 Å². The molecule has 5 nitrogen and oxygen atoms in total. The fourth-order valence-corrected chi connectivity index (χ4v) is 2.89. The number of aromatic nitrogens is 1. The van der Waals surface area contributed by atoms with Gasteiger partial charge in [-0.2, -0.15) is 0 Å². The van der Waals surface area contributed by atoms with E-state index in [4.69, 9.17) is 9.47 Å². The third-order valence-corrected chi connectivity index (χ3v) is 3.93. The second-order valence-electron chi connectivity index (χ2n) is 5.36. The van der Waals surface area contributed by atoms with E-state index in [1.165, 1.54) is 5.69 Å². The van der Waals surface area contributed by atoms with Gasteiger partial charge >= 0.3 is 0 Å². The normalized spacial score (nSPS) is 18.8. The Hall–Kier alpha value is -2.01. The maximum atomic E-state index is 5.42. The first kappa shape index (κ1) is 13.9. The fourth-order valence-electron chi connectivity index (χ4n) is 2.89. The molecule has 21 heavy (non-hydrogen) atoms. The van der Waals surface area contributed by atoms with E-state index < -0.39 is 0 Å². The van der Waals surface area contributed by atoms with Crippen LogP contribution in [-0.2, 0) is 0 Å². The number of rotatable bonds is 3. The van der Waals surface area contributed by atoms with Crippen molar-refractivity contribution in [3.63, 3.8) is 0 Å². The second-order valence-corrected chi connectivity index (χ2v) is 5.36. The molecule has 1 aromatic heterocycles. The number of nitrogens with one attached hydrogen (secondary N) is 1. The van der Waals surface area contributed by atoms with Gasteiger partial charge in [-0.25, -0.2) is 0 Å². The number of benzene rings is 1. The lowest BCUT2D eigenvalue weighted by Gasteiger charge is -2.34. The average molecular weight is 287 g/mol. The number of piperazine rings is 1. The zero-order chi connectivity index (χ0) is 14.8. The van der Waals surface area contributed by atoms with Crippen molar-refractivity contribution < 1.29 is 9.47 Å². The third-order valence-electron chi connectivity index (χ3n) is 3.93. The lowest BCUT2D eigenvalue weighted by Crippen LogP contribution is -2.49. The molecule has 0 spiro atoms. The Labute approximate surface area is 124 Å². The first-order valence-electron chi connectivity index (χ1n) is 7.22. The summed E-state index contributed by atoms with van der Waals surface area (Å²) in [4.78, 5) is 6.86. The van der Waals surface area contributed by atoms with Gasteiger partial charge in [-0.15, -0.1) is 0 Å². The Bertz CT molecular complexity index is 645. The minimum atomic E-state index is 0.488. The molecule has 112 valence electrons. The van der Waals surface area contributed by atoms with Crippen LogP contribution in [0.4, 0.5) is 5.69 Å². The van der Waals surface area contributed by atoms with Crippen LogP contribution in [-0.4, -0.2) is 44.9 Å². The van der Waals surface area contributed by atoms with Crippen molar-refractivity contribution >= 4 is 16.6 Å². The summed E-state index contributed by atoms with van der Waals surface area (Å²) in [7, 11) is 3.30. The molecule has 3 rings (SSSR count). The largest absolute Gasteiger partial charge is 0.493 e. The Kier molecular flexibility index (Phi) is 3.84. The standard InChI is InChI=1S/C16H21N3O2/c1-11-10-19(7-6-17-11)14-4-5-18-13-9-16(21-3)15(20-2)8-12(13)14/h4-5,8-9,11,17H,6-7,10H2,1-3H3/t11-/m0/s1. The number of anilines is 1. The first-order valence-corrected chi connectivity index (χ1v) is 7.22. The van der Waals surface area contributed by atoms with Crippen LogP contribution in [0.3, 0.4) is 0 Å². The van der Waals surface area contributed by atoms with Crippen molar-refractivity contribution in [2.75, 3.05) is 38.8 Å². The van der Waals surface area contributed by atoms with E-state index in [9.17, 15) is 0 Å². The molecule has 0 radical (unpaired) electrons. The number of pyridine rings is 1. The highest BCUT2D eigenvalue weighted by Gasteiger charge is 2.19. The summed E-state index contributed by atoms with van der Waals surface area (Å²) >= 11 is 0. The molecule has 0 aliphatic carbocycles. The van der Waals surface area contributed by atoms with E-state index in [1.54, 1.807) is 14.2 Å². The average Bonchev–Trinajstić information content (AvgIpc) is 2.52. The first-order chi connectivity index (χ1) is 10.2. The van der Waals surface area contributed by atoms with E-state index in [-0.39, 0.29) is 0 Å². The summed E-state index contributed by atoms with van der Waals surface area (Å²) in [6, 6.07) is 6.51. The zero-order valence-electron chi connectivity index (χ0n) is 12.7. The second kappa shape index (κ2) is 5.77. The number of hydrogen-bond donors (Lipinski definition) is 1. The summed E-state index contributed by atoms with van der Waals surface area (Å²) < 4.78 is 10.8. The quantitative estimate of drug-likeness (QED) is 0.936. The van der Waals surface area contributed by atoms with Gasteiger partial charge in [0.05, 0.1) is 19.7 Å². The molecule has 1 aliphatic rings.